The van der Waals surface area contributed by atoms with Gasteiger partial charge in [0.25, 0.3) is 5.95 Å². The SMILES string of the molecule is Cc1cccc(C)c1Oc1cc2c(NCC3CCCCC3)nc(-n3cc(C(=O)O)cn3)nc2cc1F. The summed E-state index contributed by atoms with van der Waals surface area (Å²) in [5.74, 6) is 0.258. The van der Waals surface area contributed by atoms with Gasteiger partial charge in [-0.05, 0) is 49.8 Å². The van der Waals surface area contributed by atoms with E-state index in [0.29, 0.717) is 28.4 Å². The number of aryl methyl sites for hydroxylation is 2. The van der Waals surface area contributed by atoms with Gasteiger partial charge >= 0.3 is 5.97 Å². The van der Waals surface area contributed by atoms with Crippen molar-refractivity contribution >= 4 is 22.7 Å². The summed E-state index contributed by atoms with van der Waals surface area (Å²) in [5.41, 5.74) is 2.19. The average molecular weight is 490 g/mol. The number of nitrogens with one attached hydrogen (secondary N) is 1. The molecule has 1 aliphatic carbocycles. The summed E-state index contributed by atoms with van der Waals surface area (Å²) in [6.45, 7) is 4.57. The molecular weight excluding hydrogens is 461 g/mol. The highest BCUT2D eigenvalue weighted by atomic mass is 19.1. The Morgan fingerprint density at radius 1 is 1.17 bits per heavy atom. The average Bonchev–Trinajstić information content (AvgIpc) is 3.37. The van der Waals surface area contributed by atoms with Gasteiger partial charge in [-0.3, -0.25) is 0 Å². The first-order valence-electron chi connectivity index (χ1n) is 12.2. The molecule has 36 heavy (non-hydrogen) atoms. The molecule has 0 unspecified atom stereocenters. The maximum atomic E-state index is 15.2. The second kappa shape index (κ2) is 9.93. The number of hydrogen-bond acceptors (Lipinski definition) is 6. The van der Waals surface area contributed by atoms with E-state index in [-0.39, 0.29) is 17.3 Å². The van der Waals surface area contributed by atoms with E-state index >= 15 is 4.39 Å². The molecule has 5 rings (SSSR count). The van der Waals surface area contributed by atoms with Crippen LogP contribution in [0, 0.1) is 25.6 Å². The number of rotatable bonds is 7. The number of aromatic nitrogens is 4. The summed E-state index contributed by atoms with van der Waals surface area (Å²) in [5, 5.41) is 17.4. The first-order valence-corrected chi connectivity index (χ1v) is 12.2. The van der Waals surface area contributed by atoms with Crippen LogP contribution in [-0.4, -0.2) is 37.4 Å². The fourth-order valence-electron chi connectivity index (χ4n) is 4.68. The summed E-state index contributed by atoms with van der Waals surface area (Å²) >= 11 is 0. The van der Waals surface area contributed by atoms with E-state index in [9.17, 15) is 9.90 Å². The van der Waals surface area contributed by atoms with Gasteiger partial charge < -0.3 is 15.2 Å². The molecule has 0 atom stereocenters. The van der Waals surface area contributed by atoms with Crippen molar-refractivity contribution in [3.8, 4) is 17.4 Å². The number of carboxylic acids is 1. The Morgan fingerprint density at radius 3 is 2.61 bits per heavy atom. The van der Waals surface area contributed by atoms with Gasteiger partial charge in [-0.1, -0.05) is 37.5 Å². The number of para-hydroxylation sites is 1. The smallest absolute Gasteiger partial charge is 0.338 e. The van der Waals surface area contributed by atoms with Crippen LogP contribution in [0.15, 0.2) is 42.7 Å². The number of carbonyl (C=O) groups is 1. The van der Waals surface area contributed by atoms with Crippen LogP contribution in [0.25, 0.3) is 16.9 Å². The third kappa shape index (κ3) is 4.86. The monoisotopic (exact) mass is 489 g/mol. The Bertz CT molecular complexity index is 1410. The van der Waals surface area contributed by atoms with Crippen molar-refractivity contribution in [1.29, 1.82) is 0 Å². The number of fused-ring (bicyclic) bond motifs is 1. The molecule has 1 aliphatic rings. The number of aromatic carboxylic acids is 1. The van der Waals surface area contributed by atoms with Gasteiger partial charge in [0.15, 0.2) is 11.6 Å². The number of halogens is 1. The molecule has 2 aromatic heterocycles. The zero-order valence-corrected chi connectivity index (χ0v) is 20.3. The molecule has 2 N–H and O–H groups in total. The highest BCUT2D eigenvalue weighted by Crippen LogP contribution is 2.35. The van der Waals surface area contributed by atoms with Crippen molar-refractivity contribution in [2.75, 3.05) is 11.9 Å². The normalized spacial score (nSPS) is 14.2. The third-order valence-corrected chi connectivity index (χ3v) is 6.68. The van der Waals surface area contributed by atoms with Gasteiger partial charge in [0.1, 0.15) is 11.6 Å². The molecule has 0 saturated heterocycles. The number of benzene rings is 2. The summed E-state index contributed by atoms with van der Waals surface area (Å²) in [6.07, 6.45) is 8.56. The summed E-state index contributed by atoms with van der Waals surface area (Å²) in [6, 6.07) is 8.71. The molecule has 0 aliphatic heterocycles. The van der Waals surface area contributed by atoms with E-state index in [2.05, 4.69) is 20.4 Å². The quantitative estimate of drug-likeness (QED) is 0.326. The minimum Gasteiger partial charge on any atom is -0.478 e. The van der Waals surface area contributed by atoms with E-state index in [4.69, 9.17) is 4.74 Å². The first-order chi connectivity index (χ1) is 17.4. The van der Waals surface area contributed by atoms with Gasteiger partial charge in [-0.2, -0.15) is 10.1 Å². The number of anilines is 1. The molecule has 0 spiro atoms. The van der Waals surface area contributed by atoms with Crippen LogP contribution in [0.2, 0.25) is 0 Å². The summed E-state index contributed by atoms with van der Waals surface area (Å²) in [4.78, 5) is 20.4. The van der Waals surface area contributed by atoms with Gasteiger partial charge in [0.05, 0.1) is 17.3 Å². The van der Waals surface area contributed by atoms with Crippen molar-refractivity contribution in [2.45, 2.75) is 46.0 Å². The van der Waals surface area contributed by atoms with E-state index in [1.807, 2.05) is 32.0 Å². The Hall–Kier alpha value is -4.01. The summed E-state index contributed by atoms with van der Waals surface area (Å²) in [7, 11) is 0. The van der Waals surface area contributed by atoms with Gasteiger partial charge in [0, 0.05) is 24.2 Å². The molecule has 9 heteroatoms. The standard InChI is InChI=1S/C27H28FN5O3/c1-16-7-6-8-17(2)24(16)36-23-11-20-22(12-21(23)28)31-27(33-15-19(14-30-33)26(34)35)32-25(20)29-13-18-9-4-3-5-10-18/h6-8,11-12,14-15,18H,3-5,9-10,13H2,1-2H3,(H,34,35)(H,29,31,32). The molecule has 1 fully saturated rings. The predicted octanol–water partition coefficient (Wildman–Crippen LogP) is 6.05. The second-order valence-electron chi connectivity index (χ2n) is 9.36. The topological polar surface area (TPSA) is 102 Å². The maximum absolute atomic E-state index is 15.2. The van der Waals surface area contributed by atoms with E-state index in [1.54, 1.807) is 6.07 Å². The van der Waals surface area contributed by atoms with Crippen molar-refractivity contribution in [3.63, 3.8) is 0 Å². The lowest BCUT2D eigenvalue weighted by atomic mass is 9.89. The second-order valence-corrected chi connectivity index (χ2v) is 9.36. The fraction of sp³-hybridized carbons (Fsp3) is 0.333. The minimum absolute atomic E-state index is 0.0129. The van der Waals surface area contributed by atoms with Crippen LogP contribution in [-0.2, 0) is 0 Å². The van der Waals surface area contributed by atoms with Crippen molar-refractivity contribution in [2.24, 2.45) is 5.92 Å². The molecule has 186 valence electrons. The first kappa shape index (κ1) is 23.7. The molecule has 4 aromatic rings. The number of hydrogen-bond donors (Lipinski definition) is 2. The Morgan fingerprint density at radius 2 is 1.92 bits per heavy atom. The van der Waals surface area contributed by atoms with Gasteiger partial charge in [-0.25, -0.2) is 18.9 Å². The highest BCUT2D eigenvalue weighted by Gasteiger charge is 2.19. The minimum atomic E-state index is -1.10. The van der Waals surface area contributed by atoms with E-state index in [0.717, 1.165) is 30.5 Å². The van der Waals surface area contributed by atoms with Crippen LogP contribution >= 0.6 is 0 Å². The Balaban J connectivity index is 1.57. The molecular formula is C27H28FN5O3. The zero-order chi connectivity index (χ0) is 25.2. The van der Waals surface area contributed by atoms with Crippen LogP contribution in [0.4, 0.5) is 10.2 Å². The number of carboxylic acid groups (broad SMARTS) is 1. The van der Waals surface area contributed by atoms with Crippen molar-refractivity contribution in [3.05, 3.63) is 65.2 Å². The lowest BCUT2D eigenvalue weighted by Crippen LogP contribution is -2.18. The van der Waals surface area contributed by atoms with E-state index in [1.165, 1.54) is 42.4 Å². The third-order valence-electron chi connectivity index (χ3n) is 6.68. The molecule has 0 bridgehead atoms. The molecule has 1 saturated carbocycles. The molecule has 8 nitrogen and oxygen atoms in total. The van der Waals surface area contributed by atoms with Crippen LogP contribution in [0.3, 0.4) is 0 Å². The Labute approximate surface area is 208 Å². The number of nitrogens with zero attached hydrogens (tertiary/aromatic N) is 4. The fourth-order valence-corrected chi connectivity index (χ4v) is 4.68. The predicted molar refractivity (Wildman–Crippen MR) is 135 cm³/mol. The van der Waals surface area contributed by atoms with Crippen LogP contribution in [0.5, 0.6) is 11.5 Å². The molecule has 0 amide bonds. The highest BCUT2D eigenvalue weighted by molar-refractivity contribution is 5.91. The Kier molecular flexibility index (Phi) is 6.54. The van der Waals surface area contributed by atoms with Crippen LogP contribution in [0.1, 0.15) is 53.6 Å². The van der Waals surface area contributed by atoms with E-state index < -0.39 is 11.8 Å². The van der Waals surface area contributed by atoms with Crippen LogP contribution < -0.4 is 10.1 Å². The van der Waals surface area contributed by atoms with Gasteiger partial charge in [0.2, 0.25) is 0 Å². The molecule has 2 heterocycles. The maximum Gasteiger partial charge on any atom is 0.338 e. The summed E-state index contributed by atoms with van der Waals surface area (Å²) < 4.78 is 22.5. The van der Waals surface area contributed by atoms with Gasteiger partial charge in [-0.15, -0.1) is 0 Å². The lowest BCUT2D eigenvalue weighted by molar-refractivity contribution is 0.0697. The van der Waals surface area contributed by atoms with Crippen molar-refractivity contribution < 1.29 is 19.0 Å². The number of ether oxygens (including phenoxy) is 1. The zero-order valence-electron chi connectivity index (χ0n) is 20.3. The largest absolute Gasteiger partial charge is 0.478 e. The lowest BCUT2D eigenvalue weighted by Gasteiger charge is -2.22. The molecule has 0 radical (unpaired) electrons. The van der Waals surface area contributed by atoms with Crippen molar-refractivity contribution in [1.82, 2.24) is 19.7 Å². The molecule has 2 aromatic carbocycles.